The third-order valence-corrected chi connectivity index (χ3v) is 0.872. The van der Waals surface area contributed by atoms with Gasteiger partial charge in [-0.3, -0.25) is 4.98 Å². The van der Waals surface area contributed by atoms with Crippen LogP contribution in [0.4, 0.5) is 5.82 Å². The zero-order valence-electron chi connectivity index (χ0n) is 5.00. The van der Waals surface area contributed by atoms with Crippen LogP contribution in [0, 0.1) is 13.1 Å². The molecule has 0 aromatic carbocycles. The molecular formula is C5H6N3V-. The summed E-state index contributed by atoms with van der Waals surface area (Å²) in [6.07, 6.45) is 4.01. The van der Waals surface area contributed by atoms with Gasteiger partial charge in [0.1, 0.15) is 0 Å². The quantitative estimate of drug-likeness (QED) is 0.549. The van der Waals surface area contributed by atoms with Crippen LogP contribution in [0.25, 0.3) is 0 Å². The van der Waals surface area contributed by atoms with Gasteiger partial charge in [-0.25, -0.2) is 0 Å². The number of hydrogen-bond acceptors (Lipinski definition) is 3. The van der Waals surface area contributed by atoms with Crippen molar-refractivity contribution in [3.63, 3.8) is 0 Å². The number of rotatable bonds is 0. The first-order valence-corrected chi connectivity index (χ1v) is 2.26. The molecule has 2 N–H and O–H groups in total. The van der Waals surface area contributed by atoms with Crippen molar-refractivity contribution in [2.75, 3.05) is 5.73 Å². The van der Waals surface area contributed by atoms with E-state index < -0.39 is 0 Å². The van der Waals surface area contributed by atoms with Crippen molar-refractivity contribution >= 4 is 5.82 Å². The third kappa shape index (κ3) is 2.04. The molecule has 0 aliphatic rings. The molecule has 0 saturated heterocycles. The molecule has 9 heavy (non-hydrogen) atoms. The number of hydrogen-bond donors (Lipinski definition) is 1. The number of nitrogen functional groups attached to an aromatic ring is 1. The maximum Gasteiger partial charge on any atom is 0 e. The molecule has 0 bridgehead atoms. The Morgan fingerprint density at radius 2 is 2.33 bits per heavy atom. The Bertz CT molecular complexity index is 168. The second-order valence-electron chi connectivity index (χ2n) is 1.47. The van der Waals surface area contributed by atoms with Gasteiger partial charge in [-0.1, -0.05) is 0 Å². The molecule has 0 spiro atoms. The monoisotopic (exact) mass is 159 g/mol. The predicted octanol–water partition coefficient (Wildman–Crippen LogP) is 0.165. The zero-order valence-corrected chi connectivity index (χ0v) is 6.39. The van der Waals surface area contributed by atoms with Gasteiger partial charge in [-0.05, 0) is 24.6 Å². The molecular weight excluding hydrogens is 153 g/mol. The van der Waals surface area contributed by atoms with Crippen molar-refractivity contribution < 1.29 is 18.6 Å². The van der Waals surface area contributed by atoms with Gasteiger partial charge in [0.25, 0.3) is 0 Å². The number of aryl methyl sites for hydroxylation is 1. The van der Waals surface area contributed by atoms with Gasteiger partial charge in [0.05, 0.1) is 0 Å². The summed E-state index contributed by atoms with van der Waals surface area (Å²) in [5.41, 5.74) is 6.07. The first-order valence-electron chi connectivity index (χ1n) is 2.26. The molecule has 0 saturated carbocycles. The average Bonchev–Trinajstić information content (AvgIpc) is 1.77. The molecule has 1 aromatic heterocycles. The van der Waals surface area contributed by atoms with Crippen LogP contribution in [0.3, 0.4) is 0 Å². The summed E-state index contributed by atoms with van der Waals surface area (Å²) >= 11 is 0. The molecule has 47 valence electrons. The summed E-state index contributed by atoms with van der Waals surface area (Å²) in [7, 11) is 0. The van der Waals surface area contributed by atoms with Crippen molar-refractivity contribution in [1.29, 1.82) is 0 Å². The van der Waals surface area contributed by atoms with E-state index in [0.717, 1.165) is 5.69 Å². The first kappa shape index (κ1) is 8.46. The summed E-state index contributed by atoms with van der Waals surface area (Å²) in [5, 5.41) is 0. The zero-order chi connectivity index (χ0) is 5.98. The minimum Gasteiger partial charge on any atom is -0.459 e. The Labute approximate surface area is 65.6 Å². The summed E-state index contributed by atoms with van der Waals surface area (Å²) in [5.74, 6) is 0.451. The van der Waals surface area contributed by atoms with Crippen LogP contribution in [-0.4, -0.2) is 9.97 Å². The Balaban J connectivity index is 0.000000640. The van der Waals surface area contributed by atoms with Gasteiger partial charge in [0, 0.05) is 18.6 Å². The fourth-order valence-corrected chi connectivity index (χ4v) is 0.371. The van der Waals surface area contributed by atoms with Crippen molar-refractivity contribution in [3.8, 4) is 0 Å². The van der Waals surface area contributed by atoms with Crippen molar-refractivity contribution in [3.05, 3.63) is 18.1 Å². The van der Waals surface area contributed by atoms with E-state index in [1.807, 2.05) is 0 Å². The Kier molecular flexibility index (Phi) is 3.28. The minimum absolute atomic E-state index is 0. The number of aromatic nitrogens is 2. The van der Waals surface area contributed by atoms with E-state index in [0.29, 0.717) is 5.82 Å². The molecule has 3 nitrogen and oxygen atoms in total. The van der Waals surface area contributed by atoms with E-state index in [1.165, 1.54) is 6.20 Å². The van der Waals surface area contributed by atoms with Gasteiger partial charge >= 0.3 is 0 Å². The Morgan fingerprint density at radius 1 is 1.67 bits per heavy atom. The number of nitrogens with two attached hydrogens (primary N) is 1. The summed E-state index contributed by atoms with van der Waals surface area (Å²) < 4.78 is 0. The van der Waals surface area contributed by atoms with Crippen LogP contribution < -0.4 is 5.73 Å². The van der Waals surface area contributed by atoms with Crippen LogP contribution in [0.15, 0.2) is 6.20 Å². The van der Waals surface area contributed by atoms with E-state index in [1.54, 1.807) is 6.92 Å². The van der Waals surface area contributed by atoms with E-state index in [-0.39, 0.29) is 18.6 Å². The van der Waals surface area contributed by atoms with E-state index in [9.17, 15) is 0 Å². The molecule has 0 amide bonds. The largest absolute Gasteiger partial charge is 0.459 e. The van der Waals surface area contributed by atoms with E-state index in [4.69, 9.17) is 5.73 Å². The standard InChI is InChI=1S/C5H6N3.V/c1-4-5(6)8-3-2-7-4;/h2H,1H3,(H2,6,8);/q-1;. The SMILES string of the molecule is Cc1nc[c-]nc1N.[V]. The molecule has 4 heteroatoms. The summed E-state index contributed by atoms with van der Waals surface area (Å²) in [4.78, 5) is 7.50. The molecule has 1 heterocycles. The maximum atomic E-state index is 5.31. The molecule has 0 unspecified atom stereocenters. The Hall–Kier alpha value is -0.536. The normalized spacial score (nSPS) is 8.11. The van der Waals surface area contributed by atoms with Crippen molar-refractivity contribution in [1.82, 2.24) is 9.97 Å². The van der Waals surface area contributed by atoms with Gasteiger partial charge in [0.2, 0.25) is 0 Å². The summed E-state index contributed by atoms with van der Waals surface area (Å²) in [6, 6.07) is 0. The van der Waals surface area contributed by atoms with Gasteiger partial charge in [-0.2, -0.15) is 0 Å². The second-order valence-corrected chi connectivity index (χ2v) is 1.47. The van der Waals surface area contributed by atoms with E-state index >= 15 is 0 Å². The number of anilines is 1. The molecule has 0 aliphatic carbocycles. The van der Waals surface area contributed by atoms with E-state index in [2.05, 4.69) is 16.2 Å². The molecule has 1 rings (SSSR count). The van der Waals surface area contributed by atoms with Gasteiger partial charge < -0.3 is 10.7 Å². The van der Waals surface area contributed by atoms with Crippen LogP contribution in [0.2, 0.25) is 0 Å². The smallest absolute Gasteiger partial charge is 0 e. The van der Waals surface area contributed by atoms with Crippen molar-refractivity contribution in [2.24, 2.45) is 0 Å². The maximum absolute atomic E-state index is 5.31. The molecule has 1 radical (unpaired) electrons. The average molecular weight is 159 g/mol. The van der Waals surface area contributed by atoms with Gasteiger partial charge in [-0.15, -0.1) is 6.20 Å². The molecule has 0 atom stereocenters. The van der Waals surface area contributed by atoms with Crippen LogP contribution in [-0.2, 0) is 18.6 Å². The molecule has 1 aromatic rings. The topological polar surface area (TPSA) is 51.8 Å². The fraction of sp³-hybridized carbons (Fsp3) is 0.200. The summed E-state index contributed by atoms with van der Waals surface area (Å²) in [6.45, 7) is 1.80. The van der Waals surface area contributed by atoms with Crippen LogP contribution in [0.5, 0.6) is 0 Å². The number of nitrogens with zero attached hydrogens (tertiary/aromatic N) is 2. The third-order valence-electron chi connectivity index (χ3n) is 0.872. The Morgan fingerprint density at radius 3 is 2.67 bits per heavy atom. The predicted molar refractivity (Wildman–Crippen MR) is 30.0 cm³/mol. The van der Waals surface area contributed by atoms with Gasteiger partial charge in [0.15, 0.2) is 0 Å². The minimum atomic E-state index is 0. The first-order chi connectivity index (χ1) is 3.80. The molecule has 0 fully saturated rings. The molecule has 0 aliphatic heterocycles. The van der Waals surface area contributed by atoms with Crippen LogP contribution >= 0.6 is 0 Å². The fourth-order valence-electron chi connectivity index (χ4n) is 0.371. The van der Waals surface area contributed by atoms with Crippen molar-refractivity contribution in [2.45, 2.75) is 6.92 Å². The van der Waals surface area contributed by atoms with Crippen LogP contribution in [0.1, 0.15) is 5.69 Å². The second kappa shape index (κ2) is 3.48.